The predicted molar refractivity (Wildman–Crippen MR) is 61.8 cm³/mol. The lowest BCUT2D eigenvalue weighted by Crippen LogP contribution is -2.51. The SMILES string of the molecule is CCc1nsc(N2CC(C(C)C(=O)O)C2)n1. The minimum Gasteiger partial charge on any atom is -0.481 e. The first-order chi connectivity index (χ1) is 7.61. The molecule has 2 rings (SSSR count). The molecule has 6 heteroatoms. The van der Waals surface area contributed by atoms with E-state index in [1.54, 1.807) is 6.92 Å². The van der Waals surface area contributed by atoms with Gasteiger partial charge in [-0.3, -0.25) is 4.79 Å². The summed E-state index contributed by atoms with van der Waals surface area (Å²) in [6.45, 7) is 5.36. The van der Waals surface area contributed by atoms with Crippen molar-refractivity contribution in [3.05, 3.63) is 5.82 Å². The first-order valence-electron chi connectivity index (χ1n) is 5.42. The van der Waals surface area contributed by atoms with Gasteiger partial charge in [0.05, 0.1) is 5.92 Å². The van der Waals surface area contributed by atoms with Gasteiger partial charge in [-0.1, -0.05) is 13.8 Å². The van der Waals surface area contributed by atoms with E-state index in [0.29, 0.717) is 0 Å². The van der Waals surface area contributed by atoms with Gasteiger partial charge in [-0.15, -0.1) is 0 Å². The van der Waals surface area contributed by atoms with Crippen LogP contribution in [0.15, 0.2) is 0 Å². The molecule has 88 valence electrons. The Morgan fingerprint density at radius 3 is 2.88 bits per heavy atom. The second-order valence-corrected chi connectivity index (χ2v) is 4.87. The standard InChI is InChI=1S/C10H15N3O2S/c1-3-8-11-10(16-12-8)13-4-7(5-13)6(2)9(14)15/h6-7H,3-5H2,1-2H3,(H,14,15). The number of aryl methyl sites for hydroxylation is 1. The summed E-state index contributed by atoms with van der Waals surface area (Å²) < 4.78 is 4.22. The highest BCUT2D eigenvalue weighted by atomic mass is 32.1. The van der Waals surface area contributed by atoms with E-state index in [2.05, 4.69) is 14.3 Å². The molecular formula is C10H15N3O2S. The van der Waals surface area contributed by atoms with Gasteiger partial charge in [0.1, 0.15) is 5.82 Å². The Labute approximate surface area is 98.3 Å². The highest BCUT2D eigenvalue weighted by Gasteiger charge is 2.36. The molecule has 1 saturated heterocycles. The van der Waals surface area contributed by atoms with Crippen LogP contribution in [0.2, 0.25) is 0 Å². The van der Waals surface area contributed by atoms with Crippen molar-refractivity contribution in [1.82, 2.24) is 9.36 Å². The van der Waals surface area contributed by atoms with Crippen LogP contribution in [0.3, 0.4) is 0 Å². The van der Waals surface area contributed by atoms with Crippen molar-refractivity contribution in [3.63, 3.8) is 0 Å². The zero-order valence-electron chi connectivity index (χ0n) is 9.38. The molecule has 1 N–H and O–H groups in total. The van der Waals surface area contributed by atoms with E-state index in [9.17, 15) is 4.79 Å². The van der Waals surface area contributed by atoms with Gasteiger partial charge in [0.25, 0.3) is 0 Å². The largest absolute Gasteiger partial charge is 0.481 e. The number of hydrogen-bond acceptors (Lipinski definition) is 5. The maximum absolute atomic E-state index is 10.8. The lowest BCUT2D eigenvalue weighted by atomic mass is 9.87. The van der Waals surface area contributed by atoms with Gasteiger partial charge in [-0.05, 0) is 0 Å². The molecule has 1 unspecified atom stereocenters. The van der Waals surface area contributed by atoms with Crippen LogP contribution in [0.5, 0.6) is 0 Å². The van der Waals surface area contributed by atoms with Crippen LogP contribution >= 0.6 is 11.5 Å². The number of nitrogens with zero attached hydrogens (tertiary/aromatic N) is 3. The molecule has 1 atom stereocenters. The Morgan fingerprint density at radius 2 is 2.38 bits per heavy atom. The number of aromatic nitrogens is 2. The van der Waals surface area contributed by atoms with Crippen LogP contribution in [-0.4, -0.2) is 33.5 Å². The third-order valence-corrected chi connectivity index (χ3v) is 3.87. The summed E-state index contributed by atoms with van der Waals surface area (Å²) in [4.78, 5) is 17.3. The van der Waals surface area contributed by atoms with Crippen LogP contribution in [0, 0.1) is 11.8 Å². The summed E-state index contributed by atoms with van der Waals surface area (Å²) >= 11 is 1.40. The van der Waals surface area contributed by atoms with E-state index in [0.717, 1.165) is 30.5 Å². The molecule has 1 aromatic heterocycles. The molecular weight excluding hydrogens is 226 g/mol. The minimum absolute atomic E-state index is 0.242. The first kappa shape index (κ1) is 11.3. The van der Waals surface area contributed by atoms with E-state index < -0.39 is 5.97 Å². The van der Waals surface area contributed by atoms with Crippen LogP contribution in [0.1, 0.15) is 19.7 Å². The van der Waals surface area contributed by atoms with E-state index >= 15 is 0 Å². The van der Waals surface area contributed by atoms with Crippen molar-refractivity contribution in [1.29, 1.82) is 0 Å². The fraction of sp³-hybridized carbons (Fsp3) is 0.700. The molecule has 1 aliphatic rings. The van der Waals surface area contributed by atoms with Gasteiger partial charge in [0.15, 0.2) is 0 Å². The molecule has 2 heterocycles. The monoisotopic (exact) mass is 241 g/mol. The van der Waals surface area contributed by atoms with Crippen molar-refractivity contribution in [2.45, 2.75) is 20.3 Å². The Balaban J connectivity index is 1.90. The van der Waals surface area contributed by atoms with Crippen LogP contribution < -0.4 is 4.90 Å². The van der Waals surface area contributed by atoms with E-state index in [1.165, 1.54) is 11.5 Å². The Morgan fingerprint density at radius 1 is 1.69 bits per heavy atom. The lowest BCUT2D eigenvalue weighted by Gasteiger charge is -2.40. The second kappa shape index (κ2) is 4.37. The summed E-state index contributed by atoms with van der Waals surface area (Å²) in [7, 11) is 0. The predicted octanol–water partition coefficient (Wildman–Crippen LogP) is 1.26. The molecule has 16 heavy (non-hydrogen) atoms. The molecule has 1 aliphatic heterocycles. The van der Waals surface area contributed by atoms with Crippen molar-refractivity contribution in [2.24, 2.45) is 11.8 Å². The number of carboxylic acids is 1. The smallest absolute Gasteiger partial charge is 0.306 e. The molecule has 5 nitrogen and oxygen atoms in total. The highest BCUT2D eigenvalue weighted by Crippen LogP contribution is 2.30. The molecule has 1 fully saturated rings. The third-order valence-electron chi connectivity index (χ3n) is 3.05. The Hall–Kier alpha value is -1.17. The van der Waals surface area contributed by atoms with Gasteiger partial charge in [-0.2, -0.15) is 4.37 Å². The van der Waals surface area contributed by atoms with E-state index in [1.807, 2.05) is 6.92 Å². The van der Waals surface area contributed by atoms with Gasteiger partial charge in [-0.25, -0.2) is 4.98 Å². The molecule has 0 saturated carbocycles. The average Bonchev–Trinajstić information content (AvgIpc) is 2.63. The highest BCUT2D eigenvalue weighted by molar-refractivity contribution is 7.09. The summed E-state index contributed by atoms with van der Waals surface area (Å²) in [5.74, 6) is 0.132. The third kappa shape index (κ3) is 2.02. The topological polar surface area (TPSA) is 66.3 Å². The van der Waals surface area contributed by atoms with Gasteiger partial charge < -0.3 is 10.0 Å². The fourth-order valence-electron chi connectivity index (χ4n) is 1.70. The first-order valence-corrected chi connectivity index (χ1v) is 6.19. The summed E-state index contributed by atoms with van der Waals surface area (Å²) in [5, 5.41) is 9.79. The zero-order valence-corrected chi connectivity index (χ0v) is 10.2. The van der Waals surface area contributed by atoms with Crippen molar-refractivity contribution >= 4 is 22.6 Å². The van der Waals surface area contributed by atoms with Crippen molar-refractivity contribution in [2.75, 3.05) is 18.0 Å². The molecule has 0 amide bonds. The van der Waals surface area contributed by atoms with Crippen molar-refractivity contribution < 1.29 is 9.90 Å². The molecule has 0 aromatic carbocycles. The van der Waals surface area contributed by atoms with Crippen LogP contribution in [0.4, 0.5) is 5.13 Å². The van der Waals surface area contributed by atoms with E-state index in [4.69, 9.17) is 5.11 Å². The number of rotatable bonds is 4. The summed E-state index contributed by atoms with van der Waals surface area (Å²) in [6, 6.07) is 0. The van der Waals surface area contributed by atoms with Gasteiger partial charge in [0.2, 0.25) is 5.13 Å². The number of aliphatic carboxylic acids is 1. The summed E-state index contributed by atoms with van der Waals surface area (Å²) in [6.07, 6.45) is 0.847. The zero-order chi connectivity index (χ0) is 11.7. The molecule has 1 aromatic rings. The van der Waals surface area contributed by atoms with Crippen LogP contribution in [-0.2, 0) is 11.2 Å². The van der Waals surface area contributed by atoms with E-state index in [-0.39, 0.29) is 11.8 Å². The average molecular weight is 241 g/mol. The quantitative estimate of drug-likeness (QED) is 0.859. The van der Waals surface area contributed by atoms with Crippen molar-refractivity contribution in [3.8, 4) is 0 Å². The Bertz CT molecular complexity index is 387. The molecule has 0 radical (unpaired) electrons. The Kier molecular flexibility index (Phi) is 3.09. The molecule has 0 aliphatic carbocycles. The molecule has 0 bridgehead atoms. The van der Waals surface area contributed by atoms with Gasteiger partial charge in [0, 0.05) is 37.0 Å². The van der Waals surface area contributed by atoms with Crippen LogP contribution in [0.25, 0.3) is 0 Å². The lowest BCUT2D eigenvalue weighted by molar-refractivity contribution is -0.143. The summed E-state index contributed by atoms with van der Waals surface area (Å²) in [5.41, 5.74) is 0. The number of carboxylic acid groups (broad SMARTS) is 1. The second-order valence-electron chi connectivity index (χ2n) is 4.14. The minimum atomic E-state index is -0.712. The number of carbonyl (C=O) groups is 1. The fourth-order valence-corrected chi connectivity index (χ4v) is 2.47. The maximum Gasteiger partial charge on any atom is 0.306 e. The number of anilines is 1. The normalized spacial score (nSPS) is 18.2. The van der Waals surface area contributed by atoms with Gasteiger partial charge >= 0.3 is 5.97 Å². The maximum atomic E-state index is 10.8. The number of hydrogen-bond donors (Lipinski definition) is 1. The molecule has 0 spiro atoms.